The van der Waals surface area contributed by atoms with Gasteiger partial charge in [0.2, 0.25) is 0 Å². The Kier molecular flexibility index (Phi) is 2.09. The number of hydrogen-bond donors (Lipinski definition) is 1. The molecular formula is C16H12N2S. The van der Waals surface area contributed by atoms with Crippen LogP contribution in [-0.4, -0.2) is 9.56 Å². The van der Waals surface area contributed by atoms with Crippen LogP contribution in [0.15, 0.2) is 48.7 Å². The number of rotatable bonds is 0. The van der Waals surface area contributed by atoms with E-state index in [9.17, 15) is 0 Å². The molecule has 0 radical (unpaired) electrons. The van der Waals surface area contributed by atoms with Crippen LogP contribution in [0.4, 0.5) is 5.69 Å². The summed E-state index contributed by atoms with van der Waals surface area (Å²) in [5, 5.41) is 4.58. The van der Waals surface area contributed by atoms with Gasteiger partial charge in [-0.15, -0.1) is 0 Å². The van der Waals surface area contributed by atoms with Crippen molar-refractivity contribution >= 4 is 33.8 Å². The molecule has 0 amide bonds. The fourth-order valence-electron chi connectivity index (χ4n) is 2.73. The van der Waals surface area contributed by atoms with Crippen LogP contribution in [-0.2, 0) is 0 Å². The van der Waals surface area contributed by atoms with Crippen molar-refractivity contribution in [3.05, 3.63) is 59.8 Å². The van der Waals surface area contributed by atoms with Crippen LogP contribution in [0.2, 0.25) is 0 Å². The van der Waals surface area contributed by atoms with Crippen molar-refractivity contribution in [2.24, 2.45) is 0 Å². The third kappa shape index (κ3) is 1.45. The molecular weight excluding hydrogens is 252 g/mol. The van der Waals surface area contributed by atoms with E-state index in [1.54, 1.807) is 0 Å². The monoisotopic (exact) mass is 264 g/mol. The van der Waals surface area contributed by atoms with Crippen molar-refractivity contribution in [2.75, 3.05) is 5.32 Å². The lowest BCUT2D eigenvalue weighted by Gasteiger charge is -2.10. The van der Waals surface area contributed by atoms with E-state index in [0.29, 0.717) is 0 Å². The highest BCUT2D eigenvalue weighted by atomic mass is 32.1. The summed E-state index contributed by atoms with van der Waals surface area (Å²) < 4.78 is 2.21. The van der Waals surface area contributed by atoms with Crippen molar-refractivity contribution in [3.8, 4) is 5.69 Å². The van der Waals surface area contributed by atoms with Crippen molar-refractivity contribution in [1.29, 1.82) is 0 Å². The second-order valence-corrected chi connectivity index (χ2v) is 5.31. The number of thiocarbonyl (C=S) groups is 1. The van der Waals surface area contributed by atoms with E-state index < -0.39 is 0 Å². The molecule has 0 spiro atoms. The zero-order chi connectivity index (χ0) is 13.0. The molecule has 0 atom stereocenters. The standard InChI is InChI=1S/C16H12N2S/c1-10-5-6-14-13(9-10)17-16(19)12-4-2-3-11-7-8-18(14)15(11)12/h2-9H,1H3,(H,17,19). The van der Waals surface area contributed by atoms with Crippen LogP contribution in [0.5, 0.6) is 0 Å². The predicted octanol–water partition coefficient (Wildman–Crippen LogP) is 4.04. The Morgan fingerprint density at radius 3 is 2.89 bits per heavy atom. The number of aromatic nitrogens is 1. The molecule has 3 heteroatoms. The Hall–Kier alpha value is -2.13. The van der Waals surface area contributed by atoms with Gasteiger partial charge in [-0.25, -0.2) is 0 Å². The summed E-state index contributed by atoms with van der Waals surface area (Å²) in [5.41, 5.74) is 5.71. The van der Waals surface area contributed by atoms with Crippen LogP contribution in [0.25, 0.3) is 16.6 Å². The molecule has 1 N–H and O–H groups in total. The third-order valence-corrected chi connectivity index (χ3v) is 3.94. The summed E-state index contributed by atoms with van der Waals surface area (Å²) in [6.07, 6.45) is 2.11. The molecule has 2 nitrogen and oxygen atoms in total. The second-order valence-electron chi connectivity index (χ2n) is 4.90. The molecule has 1 aliphatic heterocycles. The van der Waals surface area contributed by atoms with Crippen molar-refractivity contribution < 1.29 is 0 Å². The fourth-order valence-corrected chi connectivity index (χ4v) is 3.00. The first-order valence-electron chi connectivity index (χ1n) is 6.26. The van der Waals surface area contributed by atoms with E-state index in [4.69, 9.17) is 12.2 Å². The number of anilines is 1. The fraction of sp³-hybridized carbons (Fsp3) is 0.0625. The highest BCUT2D eigenvalue weighted by Crippen LogP contribution is 2.32. The average Bonchev–Trinajstić information content (AvgIpc) is 2.77. The lowest BCUT2D eigenvalue weighted by atomic mass is 10.1. The van der Waals surface area contributed by atoms with Gasteiger partial charge < -0.3 is 9.88 Å². The SMILES string of the molecule is Cc1ccc2c(c1)NC(=S)c1cccc3ccn-2c13. The Morgan fingerprint density at radius 2 is 2.00 bits per heavy atom. The van der Waals surface area contributed by atoms with Crippen LogP contribution >= 0.6 is 12.2 Å². The Balaban J connectivity index is 2.16. The normalized spacial score (nSPS) is 13.0. The highest BCUT2D eigenvalue weighted by Gasteiger charge is 2.18. The van der Waals surface area contributed by atoms with Gasteiger partial charge in [0.05, 0.1) is 16.9 Å². The largest absolute Gasteiger partial charge is 0.344 e. The summed E-state index contributed by atoms with van der Waals surface area (Å²) >= 11 is 5.54. The van der Waals surface area contributed by atoms with Crippen LogP contribution in [0.3, 0.4) is 0 Å². The topological polar surface area (TPSA) is 17.0 Å². The first-order chi connectivity index (χ1) is 9.24. The molecule has 1 aliphatic rings. The zero-order valence-corrected chi connectivity index (χ0v) is 11.3. The van der Waals surface area contributed by atoms with Crippen LogP contribution in [0, 0.1) is 6.92 Å². The summed E-state index contributed by atoms with van der Waals surface area (Å²) in [6.45, 7) is 2.09. The molecule has 4 rings (SSSR count). The first kappa shape index (κ1) is 10.8. The van der Waals surface area contributed by atoms with E-state index in [2.05, 4.69) is 65.5 Å². The summed E-state index contributed by atoms with van der Waals surface area (Å²) in [6, 6.07) is 14.8. The average molecular weight is 264 g/mol. The molecule has 1 aromatic heterocycles. The zero-order valence-electron chi connectivity index (χ0n) is 10.5. The van der Waals surface area contributed by atoms with E-state index in [-0.39, 0.29) is 0 Å². The second kappa shape index (κ2) is 3.68. The number of para-hydroxylation sites is 1. The van der Waals surface area contributed by atoms with Crippen molar-refractivity contribution in [2.45, 2.75) is 6.92 Å². The summed E-state index contributed by atoms with van der Waals surface area (Å²) in [5.74, 6) is 0. The van der Waals surface area contributed by atoms with Gasteiger partial charge in [0.25, 0.3) is 0 Å². The van der Waals surface area contributed by atoms with Gasteiger partial charge in [0, 0.05) is 17.1 Å². The number of nitrogens with one attached hydrogen (secondary N) is 1. The molecule has 92 valence electrons. The first-order valence-corrected chi connectivity index (χ1v) is 6.67. The molecule has 0 aliphatic carbocycles. The molecule has 2 heterocycles. The molecule has 19 heavy (non-hydrogen) atoms. The molecule has 0 bridgehead atoms. The maximum Gasteiger partial charge on any atom is 0.113 e. The summed E-state index contributed by atoms with van der Waals surface area (Å²) in [4.78, 5) is 0.787. The smallest absolute Gasteiger partial charge is 0.113 e. The van der Waals surface area contributed by atoms with Gasteiger partial charge in [0.1, 0.15) is 4.99 Å². The van der Waals surface area contributed by atoms with E-state index in [1.165, 1.54) is 16.5 Å². The van der Waals surface area contributed by atoms with E-state index >= 15 is 0 Å². The lowest BCUT2D eigenvalue weighted by Crippen LogP contribution is -2.09. The molecule has 0 fully saturated rings. The van der Waals surface area contributed by atoms with E-state index in [1.807, 2.05) is 0 Å². The van der Waals surface area contributed by atoms with E-state index in [0.717, 1.165) is 21.9 Å². The maximum absolute atomic E-state index is 5.54. The molecule has 0 unspecified atom stereocenters. The number of fused-ring (bicyclic) bond motifs is 2. The minimum Gasteiger partial charge on any atom is -0.344 e. The van der Waals surface area contributed by atoms with Crippen LogP contribution in [0.1, 0.15) is 11.1 Å². The maximum atomic E-state index is 5.54. The Labute approximate surface area is 116 Å². The van der Waals surface area contributed by atoms with Gasteiger partial charge in [-0.3, -0.25) is 0 Å². The number of nitrogens with zero attached hydrogens (tertiary/aromatic N) is 1. The van der Waals surface area contributed by atoms with Gasteiger partial charge >= 0.3 is 0 Å². The number of hydrogen-bond acceptors (Lipinski definition) is 1. The molecule has 2 aromatic carbocycles. The number of benzene rings is 2. The highest BCUT2D eigenvalue weighted by molar-refractivity contribution is 7.81. The van der Waals surface area contributed by atoms with Gasteiger partial charge in [-0.1, -0.05) is 30.4 Å². The van der Waals surface area contributed by atoms with Crippen LogP contribution < -0.4 is 5.32 Å². The summed E-state index contributed by atoms with van der Waals surface area (Å²) in [7, 11) is 0. The lowest BCUT2D eigenvalue weighted by molar-refractivity contribution is 1.13. The molecule has 3 aromatic rings. The Bertz CT molecular complexity index is 830. The van der Waals surface area contributed by atoms with Crippen molar-refractivity contribution in [3.63, 3.8) is 0 Å². The molecule has 0 saturated carbocycles. The third-order valence-electron chi connectivity index (χ3n) is 3.62. The van der Waals surface area contributed by atoms with Crippen molar-refractivity contribution in [1.82, 2.24) is 4.57 Å². The van der Waals surface area contributed by atoms with Gasteiger partial charge in [-0.2, -0.15) is 0 Å². The quantitative estimate of drug-likeness (QED) is 0.617. The minimum absolute atomic E-state index is 0.787. The Morgan fingerprint density at radius 1 is 1.11 bits per heavy atom. The number of aryl methyl sites for hydroxylation is 1. The van der Waals surface area contributed by atoms with Gasteiger partial charge in [0.15, 0.2) is 0 Å². The molecule has 0 saturated heterocycles. The minimum atomic E-state index is 0.787. The predicted molar refractivity (Wildman–Crippen MR) is 83.3 cm³/mol. The van der Waals surface area contributed by atoms with Gasteiger partial charge in [-0.05, 0) is 36.8 Å².